The van der Waals surface area contributed by atoms with Gasteiger partial charge in [0, 0.05) is 31.0 Å². The number of rotatable bonds is 6. The maximum Gasteiger partial charge on any atom is 0.0227 e. The van der Waals surface area contributed by atoms with Gasteiger partial charge in [-0.05, 0) is 50.8 Å². The van der Waals surface area contributed by atoms with Gasteiger partial charge in [0.15, 0.2) is 0 Å². The van der Waals surface area contributed by atoms with Crippen molar-refractivity contribution in [3.63, 3.8) is 0 Å². The quantitative estimate of drug-likeness (QED) is 0.769. The second kappa shape index (κ2) is 6.36. The van der Waals surface area contributed by atoms with Crippen molar-refractivity contribution >= 4 is 11.8 Å². The first-order valence-corrected chi connectivity index (χ1v) is 7.29. The van der Waals surface area contributed by atoms with Crippen molar-refractivity contribution in [2.45, 2.75) is 45.8 Å². The highest BCUT2D eigenvalue weighted by molar-refractivity contribution is 7.98. The normalized spacial score (nSPS) is 12.0. The average Bonchev–Trinajstić information content (AvgIpc) is 2.62. The number of nitrogens with one attached hydrogen (secondary N) is 1. The molecular formula is C13H24N2S. The zero-order valence-electron chi connectivity index (χ0n) is 10.9. The van der Waals surface area contributed by atoms with Gasteiger partial charge in [0.25, 0.3) is 0 Å². The molecule has 0 atom stereocenters. The molecular weight excluding hydrogens is 216 g/mol. The summed E-state index contributed by atoms with van der Waals surface area (Å²) in [7, 11) is 0. The summed E-state index contributed by atoms with van der Waals surface area (Å²) in [5.41, 5.74) is 1.57. The average molecular weight is 240 g/mol. The van der Waals surface area contributed by atoms with Crippen molar-refractivity contribution in [1.29, 1.82) is 0 Å². The van der Waals surface area contributed by atoms with E-state index in [1.54, 1.807) is 0 Å². The van der Waals surface area contributed by atoms with Gasteiger partial charge in [0.2, 0.25) is 0 Å². The monoisotopic (exact) mass is 240 g/mol. The molecule has 16 heavy (non-hydrogen) atoms. The van der Waals surface area contributed by atoms with Crippen LogP contribution in [0, 0.1) is 0 Å². The van der Waals surface area contributed by atoms with Crippen LogP contribution in [0.15, 0.2) is 18.5 Å². The predicted octanol–water partition coefficient (Wildman–Crippen LogP) is 3.13. The summed E-state index contributed by atoms with van der Waals surface area (Å²) in [6, 6.07) is 2.21. The second-order valence-corrected chi connectivity index (χ2v) is 6.19. The standard InChI is InChI=1S/C13H24N2S/c1-13(2,3)14-10-12-6-8-15(11-12)7-5-9-16-4/h6,8,11,14H,5,7,9-10H2,1-4H3. The zero-order chi connectivity index (χ0) is 12.0. The van der Waals surface area contributed by atoms with Gasteiger partial charge < -0.3 is 9.88 Å². The van der Waals surface area contributed by atoms with E-state index in [1.165, 1.54) is 17.7 Å². The lowest BCUT2D eigenvalue weighted by atomic mass is 10.1. The van der Waals surface area contributed by atoms with E-state index < -0.39 is 0 Å². The number of nitrogens with zero attached hydrogens (tertiary/aromatic N) is 1. The second-order valence-electron chi connectivity index (χ2n) is 5.21. The Kier molecular flexibility index (Phi) is 5.42. The van der Waals surface area contributed by atoms with Crippen molar-refractivity contribution in [2.24, 2.45) is 0 Å². The molecule has 0 aliphatic carbocycles. The van der Waals surface area contributed by atoms with E-state index in [9.17, 15) is 0 Å². The summed E-state index contributed by atoms with van der Waals surface area (Å²) < 4.78 is 2.29. The molecule has 1 N–H and O–H groups in total. The smallest absolute Gasteiger partial charge is 0.0227 e. The third-order valence-electron chi connectivity index (χ3n) is 2.40. The maximum atomic E-state index is 3.50. The molecule has 0 unspecified atom stereocenters. The molecule has 0 aliphatic rings. The Balaban J connectivity index is 2.33. The van der Waals surface area contributed by atoms with E-state index in [2.05, 4.69) is 55.4 Å². The highest BCUT2D eigenvalue weighted by Crippen LogP contribution is 2.06. The van der Waals surface area contributed by atoms with Crippen LogP contribution in [0.5, 0.6) is 0 Å². The minimum Gasteiger partial charge on any atom is -0.354 e. The summed E-state index contributed by atoms with van der Waals surface area (Å²) in [5, 5.41) is 3.50. The van der Waals surface area contributed by atoms with Gasteiger partial charge >= 0.3 is 0 Å². The van der Waals surface area contributed by atoms with Crippen molar-refractivity contribution in [3.8, 4) is 0 Å². The summed E-state index contributed by atoms with van der Waals surface area (Å²) in [6.45, 7) is 8.68. The molecule has 0 fully saturated rings. The largest absolute Gasteiger partial charge is 0.354 e. The predicted molar refractivity (Wildman–Crippen MR) is 74.0 cm³/mol. The highest BCUT2D eigenvalue weighted by atomic mass is 32.2. The number of hydrogen-bond acceptors (Lipinski definition) is 2. The van der Waals surface area contributed by atoms with Crippen LogP contribution in [-0.2, 0) is 13.1 Å². The maximum absolute atomic E-state index is 3.50. The Hall–Kier alpha value is -0.410. The molecule has 2 nitrogen and oxygen atoms in total. The molecule has 1 aromatic rings. The first-order valence-electron chi connectivity index (χ1n) is 5.90. The number of thioether (sulfide) groups is 1. The molecule has 0 bridgehead atoms. The number of aromatic nitrogens is 1. The first kappa shape index (κ1) is 13.7. The van der Waals surface area contributed by atoms with Gasteiger partial charge in [-0.2, -0.15) is 11.8 Å². The zero-order valence-corrected chi connectivity index (χ0v) is 11.7. The lowest BCUT2D eigenvalue weighted by molar-refractivity contribution is 0.424. The Bertz CT molecular complexity index is 299. The fraction of sp³-hybridized carbons (Fsp3) is 0.692. The first-order chi connectivity index (χ1) is 7.51. The van der Waals surface area contributed by atoms with Gasteiger partial charge in [-0.1, -0.05) is 0 Å². The molecule has 0 saturated heterocycles. The SMILES string of the molecule is CSCCCn1ccc(CNC(C)(C)C)c1. The molecule has 0 aromatic carbocycles. The third kappa shape index (κ3) is 5.61. The molecule has 0 amide bonds. The van der Waals surface area contributed by atoms with Gasteiger partial charge in [-0.25, -0.2) is 0 Å². The Morgan fingerprint density at radius 1 is 1.38 bits per heavy atom. The molecule has 1 aromatic heterocycles. The molecule has 0 radical (unpaired) electrons. The van der Waals surface area contributed by atoms with E-state index in [4.69, 9.17) is 0 Å². The summed E-state index contributed by atoms with van der Waals surface area (Å²) in [5.74, 6) is 1.24. The van der Waals surface area contributed by atoms with E-state index in [1.807, 2.05) is 11.8 Å². The van der Waals surface area contributed by atoms with Gasteiger partial charge in [0.1, 0.15) is 0 Å². The number of hydrogen-bond donors (Lipinski definition) is 1. The molecule has 0 aliphatic heterocycles. The van der Waals surface area contributed by atoms with Gasteiger partial charge in [0.05, 0.1) is 0 Å². The summed E-state index contributed by atoms with van der Waals surface area (Å²) in [6.07, 6.45) is 7.84. The van der Waals surface area contributed by atoms with Crippen LogP contribution in [0.3, 0.4) is 0 Å². The van der Waals surface area contributed by atoms with Crippen LogP contribution in [0.1, 0.15) is 32.8 Å². The van der Waals surface area contributed by atoms with Crippen LogP contribution in [0.2, 0.25) is 0 Å². The molecule has 3 heteroatoms. The molecule has 1 heterocycles. The topological polar surface area (TPSA) is 17.0 Å². The van der Waals surface area contributed by atoms with Gasteiger partial charge in [-0.15, -0.1) is 0 Å². The van der Waals surface area contributed by atoms with Crippen LogP contribution in [0.4, 0.5) is 0 Å². The Morgan fingerprint density at radius 2 is 2.12 bits per heavy atom. The van der Waals surface area contributed by atoms with Gasteiger partial charge in [-0.3, -0.25) is 0 Å². The molecule has 92 valence electrons. The van der Waals surface area contributed by atoms with Crippen LogP contribution in [0.25, 0.3) is 0 Å². The molecule has 0 spiro atoms. The minimum atomic E-state index is 0.195. The summed E-state index contributed by atoms with van der Waals surface area (Å²) in [4.78, 5) is 0. The minimum absolute atomic E-state index is 0.195. The fourth-order valence-corrected chi connectivity index (χ4v) is 1.91. The lowest BCUT2D eigenvalue weighted by Crippen LogP contribution is -2.34. The highest BCUT2D eigenvalue weighted by Gasteiger charge is 2.08. The summed E-state index contributed by atoms with van der Waals surface area (Å²) >= 11 is 1.92. The van der Waals surface area contributed by atoms with Crippen LogP contribution < -0.4 is 5.32 Å². The van der Waals surface area contributed by atoms with Crippen LogP contribution in [-0.4, -0.2) is 22.1 Å². The molecule has 1 rings (SSSR count). The lowest BCUT2D eigenvalue weighted by Gasteiger charge is -2.19. The third-order valence-corrected chi connectivity index (χ3v) is 3.10. The Morgan fingerprint density at radius 3 is 2.75 bits per heavy atom. The van der Waals surface area contributed by atoms with E-state index >= 15 is 0 Å². The fourth-order valence-electron chi connectivity index (χ4n) is 1.49. The van der Waals surface area contributed by atoms with Crippen LogP contribution >= 0.6 is 11.8 Å². The number of aryl methyl sites for hydroxylation is 1. The van der Waals surface area contributed by atoms with E-state index in [0.717, 1.165) is 13.1 Å². The van der Waals surface area contributed by atoms with Crippen molar-refractivity contribution < 1.29 is 0 Å². The van der Waals surface area contributed by atoms with Crippen molar-refractivity contribution in [3.05, 3.63) is 24.0 Å². The Labute approximate surface area is 104 Å². The van der Waals surface area contributed by atoms with Crippen molar-refractivity contribution in [2.75, 3.05) is 12.0 Å². The van der Waals surface area contributed by atoms with Crippen molar-refractivity contribution in [1.82, 2.24) is 9.88 Å². The van der Waals surface area contributed by atoms with E-state index in [0.29, 0.717) is 0 Å². The van der Waals surface area contributed by atoms with E-state index in [-0.39, 0.29) is 5.54 Å². The molecule has 0 saturated carbocycles.